The molecule has 1 rings (SSSR count). The third-order valence-corrected chi connectivity index (χ3v) is 4.94. The Morgan fingerprint density at radius 2 is 2.11 bits per heavy atom. The zero-order valence-corrected chi connectivity index (χ0v) is 10.9. The van der Waals surface area contributed by atoms with Gasteiger partial charge < -0.3 is 15.2 Å². The zero-order valence-electron chi connectivity index (χ0n) is 10.1. The van der Waals surface area contributed by atoms with Crippen molar-refractivity contribution in [2.24, 2.45) is 0 Å². The van der Waals surface area contributed by atoms with Gasteiger partial charge in [-0.1, -0.05) is 0 Å². The maximum Gasteiger partial charge on any atom is 0.323 e. The van der Waals surface area contributed by atoms with Crippen molar-refractivity contribution < 1.29 is 27.9 Å². The molecule has 0 aromatic rings. The van der Waals surface area contributed by atoms with E-state index in [9.17, 15) is 18.0 Å². The molecule has 104 valence electrons. The van der Waals surface area contributed by atoms with Crippen LogP contribution < -0.4 is 5.32 Å². The molecule has 18 heavy (non-hydrogen) atoms. The largest absolute Gasteiger partial charge is 0.480 e. The molecule has 9 heteroatoms. The molecule has 0 bridgehead atoms. The molecule has 2 atom stereocenters. The van der Waals surface area contributed by atoms with Crippen molar-refractivity contribution in [1.29, 1.82) is 0 Å². The van der Waals surface area contributed by atoms with Crippen LogP contribution in [0.1, 0.15) is 6.92 Å². The molecule has 8 nitrogen and oxygen atoms in total. The number of hydrogen-bond acceptors (Lipinski definition) is 5. The van der Waals surface area contributed by atoms with E-state index in [1.54, 1.807) is 0 Å². The van der Waals surface area contributed by atoms with Crippen molar-refractivity contribution in [3.05, 3.63) is 0 Å². The van der Waals surface area contributed by atoms with Crippen LogP contribution >= 0.6 is 0 Å². The number of amides is 1. The van der Waals surface area contributed by atoms with Gasteiger partial charge in [-0.2, -0.15) is 4.31 Å². The van der Waals surface area contributed by atoms with Crippen molar-refractivity contribution in [3.8, 4) is 0 Å². The minimum absolute atomic E-state index is 0.0297. The summed E-state index contributed by atoms with van der Waals surface area (Å²) in [6.45, 7) is 1.11. The highest BCUT2D eigenvalue weighted by atomic mass is 32.2. The number of nitrogens with one attached hydrogen (secondary N) is 1. The van der Waals surface area contributed by atoms with Gasteiger partial charge >= 0.3 is 5.97 Å². The Morgan fingerprint density at radius 3 is 2.61 bits per heavy atom. The number of morpholine rings is 1. The zero-order chi connectivity index (χ0) is 13.9. The molecule has 1 aliphatic heterocycles. The monoisotopic (exact) mass is 280 g/mol. The fourth-order valence-electron chi connectivity index (χ4n) is 1.60. The van der Waals surface area contributed by atoms with E-state index in [-0.39, 0.29) is 19.8 Å². The molecule has 1 saturated heterocycles. The molecule has 0 saturated carbocycles. The molecule has 0 radical (unpaired) electrons. The minimum Gasteiger partial charge on any atom is -0.480 e. The van der Waals surface area contributed by atoms with Crippen molar-refractivity contribution >= 4 is 21.9 Å². The molecule has 0 aromatic carbocycles. The number of sulfonamides is 1. The summed E-state index contributed by atoms with van der Waals surface area (Å²) in [5.41, 5.74) is 0. The molecule has 2 N–H and O–H groups in total. The van der Waals surface area contributed by atoms with Gasteiger partial charge in [0.1, 0.15) is 6.04 Å². The van der Waals surface area contributed by atoms with E-state index < -0.39 is 33.2 Å². The summed E-state index contributed by atoms with van der Waals surface area (Å²) in [4.78, 5) is 22.4. The van der Waals surface area contributed by atoms with Gasteiger partial charge in [-0.25, -0.2) is 8.42 Å². The molecule has 0 aromatic heterocycles. The number of hydrogen-bond donors (Lipinski definition) is 2. The average molecular weight is 280 g/mol. The lowest BCUT2D eigenvalue weighted by molar-refractivity contribution is -0.136. The molecule has 1 heterocycles. The topological polar surface area (TPSA) is 113 Å². The lowest BCUT2D eigenvalue weighted by atomic mass is 10.2. The average Bonchev–Trinajstić information content (AvgIpc) is 2.36. The Bertz CT molecular complexity index is 434. The second kappa shape index (κ2) is 5.63. The SMILES string of the molecule is CNC(=O)C1COCCN1S(=O)(=O)C(C)C(=O)O. The highest BCUT2D eigenvalue weighted by molar-refractivity contribution is 7.90. The Labute approximate surface area is 105 Å². The fourth-order valence-corrected chi connectivity index (χ4v) is 3.10. The van der Waals surface area contributed by atoms with Crippen molar-refractivity contribution in [2.75, 3.05) is 26.8 Å². The predicted molar refractivity (Wildman–Crippen MR) is 61.4 cm³/mol. The number of rotatable bonds is 4. The second-order valence-corrected chi connectivity index (χ2v) is 6.05. The van der Waals surface area contributed by atoms with E-state index in [4.69, 9.17) is 9.84 Å². The van der Waals surface area contributed by atoms with Crippen molar-refractivity contribution in [2.45, 2.75) is 18.2 Å². The molecule has 1 amide bonds. The van der Waals surface area contributed by atoms with Gasteiger partial charge in [-0.15, -0.1) is 0 Å². The van der Waals surface area contributed by atoms with Crippen LogP contribution in [0.3, 0.4) is 0 Å². The Hall–Kier alpha value is -1.19. The maximum absolute atomic E-state index is 12.1. The number of carbonyl (C=O) groups excluding carboxylic acids is 1. The van der Waals surface area contributed by atoms with Gasteiger partial charge in [0.2, 0.25) is 15.9 Å². The lowest BCUT2D eigenvalue weighted by Crippen LogP contribution is -2.57. The van der Waals surface area contributed by atoms with Gasteiger partial charge in [-0.05, 0) is 6.92 Å². The van der Waals surface area contributed by atoms with E-state index in [1.165, 1.54) is 7.05 Å². The van der Waals surface area contributed by atoms with Gasteiger partial charge in [0.15, 0.2) is 5.25 Å². The van der Waals surface area contributed by atoms with Crippen LogP contribution in [0, 0.1) is 0 Å². The summed E-state index contributed by atoms with van der Waals surface area (Å²) in [7, 11) is -2.70. The fraction of sp³-hybridized carbons (Fsp3) is 0.778. The summed E-state index contributed by atoms with van der Waals surface area (Å²) >= 11 is 0. The minimum atomic E-state index is -4.07. The molecule has 2 unspecified atom stereocenters. The van der Waals surface area contributed by atoms with Crippen LogP contribution in [0.5, 0.6) is 0 Å². The van der Waals surface area contributed by atoms with E-state index in [1.807, 2.05) is 0 Å². The summed E-state index contributed by atoms with van der Waals surface area (Å²) in [5, 5.41) is 9.53. The van der Waals surface area contributed by atoms with Crippen LogP contribution in [0.15, 0.2) is 0 Å². The number of nitrogens with zero attached hydrogens (tertiary/aromatic N) is 1. The number of carbonyl (C=O) groups is 2. The van der Waals surface area contributed by atoms with E-state index >= 15 is 0 Å². The van der Waals surface area contributed by atoms with Crippen LogP contribution in [0.4, 0.5) is 0 Å². The summed E-state index contributed by atoms with van der Waals surface area (Å²) in [6.07, 6.45) is 0. The smallest absolute Gasteiger partial charge is 0.323 e. The number of ether oxygens (including phenoxy) is 1. The summed E-state index contributed by atoms with van der Waals surface area (Å²) < 4.78 is 30.1. The molecule has 1 aliphatic rings. The van der Waals surface area contributed by atoms with Crippen molar-refractivity contribution in [3.63, 3.8) is 0 Å². The molecule has 0 spiro atoms. The number of aliphatic carboxylic acids is 1. The van der Waals surface area contributed by atoms with Crippen LogP contribution in [-0.2, 0) is 24.3 Å². The first-order valence-electron chi connectivity index (χ1n) is 5.35. The Balaban J connectivity index is 3.03. The first kappa shape index (κ1) is 14.9. The molecule has 0 aliphatic carbocycles. The van der Waals surface area contributed by atoms with Gasteiger partial charge in [0.25, 0.3) is 0 Å². The normalized spacial score (nSPS) is 23.3. The van der Waals surface area contributed by atoms with E-state index in [0.717, 1.165) is 11.2 Å². The highest BCUT2D eigenvalue weighted by Crippen LogP contribution is 2.17. The van der Waals surface area contributed by atoms with E-state index in [0.29, 0.717) is 0 Å². The standard InChI is InChI=1S/C9H16N2O6S/c1-6(9(13)14)18(15,16)11-3-4-17-5-7(11)8(12)10-2/h6-7H,3-5H2,1-2H3,(H,10,12)(H,13,14). The molecular weight excluding hydrogens is 264 g/mol. The first-order valence-corrected chi connectivity index (χ1v) is 6.85. The summed E-state index contributed by atoms with van der Waals surface area (Å²) in [5.74, 6) is -1.96. The first-order chi connectivity index (χ1) is 8.32. The summed E-state index contributed by atoms with van der Waals surface area (Å²) in [6, 6.07) is -1.02. The quantitative estimate of drug-likeness (QED) is 0.630. The van der Waals surface area contributed by atoms with Gasteiger partial charge in [0.05, 0.1) is 13.2 Å². The third-order valence-electron chi connectivity index (χ3n) is 2.75. The number of likely N-dealkylation sites (N-methyl/N-ethyl adjacent to an activating group) is 1. The maximum atomic E-state index is 12.1. The Kier molecular flexibility index (Phi) is 4.65. The van der Waals surface area contributed by atoms with Crippen LogP contribution in [0.2, 0.25) is 0 Å². The Morgan fingerprint density at radius 1 is 1.50 bits per heavy atom. The second-order valence-electron chi connectivity index (χ2n) is 3.84. The third kappa shape index (κ3) is 2.79. The predicted octanol–water partition coefficient (Wildman–Crippen LogP) is -1.76. The number of carboxylic acid groups (broad SMARTS) is 1. The van der Waals surface area contributed by atoms with Crippen LogP contribution in [-0.4, -0.2) is 67.8 Å². The molecule has 1 fully saturated rings. The van der Waals surface area contributed by atoms with Gasteiger partial charge in [0, 0.05) is 13.6 Å². The van der Waals surface area contributed by atoms with Crippen molar-refractivity contribution in [1.82, 2.24) is 9.62 Å². The van der Waals surface area contributed by atoms with E-state index in [2.05, 4.69) is 5.32 Å². The van der Waals surface area contributed by atoms with Crippen LogP contribution in [0.25, 0.3) is 0 Å². The number of carboxylic acids is 1. The highest BCUT2D eigenvalue weighted by Gasteiger charge is 2.42. The lowest BCUT2D eigenvalue weighted by Gasteiger charge is -2.34. The molecular formula is C9H16N2O6S. The van der Waals surface area contributed by atoms with Gasteiger partial charge in [-0.3, -0.25) is 9.59 Å².